The number of nitrogens with two attached hydrogens (primary N) is 1. The van der Waals surface area contributed by atoms with Crippen molar-refractivity contribution < 1.29 is 23.6 Å². The SMILES string of the molecule is C[C@H]([NH2+]Cc1cc(=O)oc2cc(O)ccc12)c1ccc(F)cc1F. The Labute approximate surface area is 136 Å². The van der Waals surface area contributed by atoms with Crippen LogP contribution in [0.4, 0.5) is 8.78 Å². The second-order valence-electron chi connectivity index (χ2n) is 5.67. The van der Waals surface area contributed by atoms with E-state index in [4.69, 9.17) is 4.42 Å². The summed E-state index contributed by atoms with van der Waals surface area (Å²) in [5.41, 5.74) is 0.889. The number of benzene rings is 2. The number of fused-ring (bicyclic) bond motifs is 1. The molecule has 0 bridgehead atoms. The molecule has 0 saturated heterocycles. The minimum Gasteiger partial charge on any atom is -0.508 e. The molecule has 3 N–H and O–H groups in total. The van der Waals surface area contributed by atoms with Crippen molar-refractivity contribution >= 4 is 11.0 Å². The van der Waals surface area contributed by atoms with E-state index in [2.05, 4.69) is 0 Å². The molecule has 1 atom stereocenters. The highest BCUT2D eigenvalue weighted by molar-refractivity contribution is 5.81. The van der Waals surface area contributed by atoms with Gasteiger partial charge in [0.15, 0.2) is 0 Å². The Kier molecular flexibility index (Phi) is 4.31. The van der Waals surface area contributed by atoms with Crippen molar-refractivity contribution in [3.8, 4) is 5.75 Å². The second-order valence-corrected chi connectivity index (χ2v) is 5.67. The Hall–Kier alpha value is -2.73. The molecule has 1 aromatic heterocycles. The monoisotopic (exact) mass is 332 g/mol. The third-order valence-corrected chi connectivity index (χ3v) is 3.96. The number of rotatable bonds is 4. The van der Waals surface area contributed by atoms with Crippen LogP contribution in [-0.2, 0) is 6.54 Å². The largest absolute Gasteiger partial charge is 0.508 e. The number of phenolic OH excluding ortho intramolecular Hbond substituents is 1. The summed E-state index contributed by atoms with van der Waals surface area (Å²) >= 11 is 0. The van der Waals surface area contributed by atoms with E-state index >= 15 is 0 Å². The fourth-order valence-electron chi connectivity index (χ4n) is 2.69. The molecule has 4 nitrogen and oxygen atoms in total. The van der Waals surface area contributed by atoms with Crippen LogP contribution in [0.5, 0.6) is 5.75 Å². The van der Waals surface area contributed by atoms with E-state index in [0.29, 0.717) is 23.1 Å². The van der Waals surface area contributed by atoms with Crippen LogP contribution in [0.15, 0.2) is 51.7 Å². The van der Waals surface area contributed by atoms with Crippen LogP contribution in [-0.4, -0.2) is 5.11 Å². The maximum atomic E-state index is 13.8. The average Bonchev–Trinajstić information content (AvgIpc) is 2.51. The van der Waals surface area contributed by atoms with Gasteiger partial charge in [-0.2, -0.15) is 0 Å². The van der Waals surface area contributed by atoms with Crippen LogP contribution in [0.3, 0.4) is 0 Å². The van der Waals surface area contributed by atoms with Crippen LogP contribution < -0.4 is 10.9 Å². The van der Waals surface area contributed by atoms with Gasteiger partial charge >= 0.3 is 5.63 Å². The van der Waals surface area contributed by atoms with Gasteiger partial charge in [-0.15, -0.1) is 0 Å². The third kappa shape index (κ3) is 3.28. The van der Waals surface area contributed by atoms with Gasteiger partial charge in [0.1, 0.15) is 35.6 Å². The van der Waals surface area contributed by atoms with Crippen molar-refractivity contribution in [2.45, 2.75) is 19.5 Å². The van der Waals surface area contributed by atoms with Crippen molar-refractivity contribution in [3.05, 3.63) is 75.6 Å². The number of hydrogen-bond acceptors (Lipinski definition) is 3. The molecule has 0 saturated carbocycles. The summed E-state index contributed by atoms with van der Waals surface area (Å²) in [4.78, 5) is 11.7. The van der Waals surface area contributed by atoms with E-state index in [-0.39, 0.29) is 11.8 Å². The van der Waals surface area contributed by atoms with Crippen molar-refractivity contribution in [3.63, 3.8) is 0 Å². The van der Waals surface area contributed by atoms with Gasteiger partial charge in [0.2, 0.25) is 0 Å². The van der Waals surface area contributed by atoms with Gasteiger partial charge in [-0.25, -0.2) is 13.6 Å². The molecule has 3 aromatic rings. The maximum absolute atomic E-state index is 13.8. The number of aromatic hydroxyl groups is 1. The number of phenols is 1. The molecule has 1 heterocycles. The first kappa shape index (κ1) is 16.1. The molecular weight excluding hydrogens is 316 g/mol. The summed E-state index contributed by atoms with van der Waals surface area (Å²) < 4.78 is 31.9. The normalized spacial score (nSPS) is 12.5. The fraction of sp³-hybridized carbons (Fsp3) is 0.167. The lowest BCUT2D eigenvalue weighted by molar-refractivity contribution is -0.708. The first-order valence-corrected chi connectivity index (χ1v) is 7.48. The Balaban J connectivity index is 1.86. The summed E-state index contributed by atoms with van der Waals surface area (Å²) in [5.74, 6) is -1.20. The Morgan fingerprint density at radius 3 is 2.71 bits per heavy atom. The van der Waals surface area contributed by atoms with Crippen LogP contribution in [0, 0.1) is 11.6 Å². The van der Waals surface area contributed by atoms with E-state index in [1.807, 2.05) is 5.32 Å². The lowest BCUT2D eigenvalue weighted by Crippen LogP contribution is -2.83. The zero-order chi connectivity index (χ0) is 17.3. The number of halogens is 2. The first-order valence-electron chi connectivity index (χ1n) is 7.48. The molecule has 2 aromatic carbocycles. The van der Waals surface area contributed by atoms with Crippen molar-refractivity contribution in [1.82, 2.24) is 0 Å². The average molecular weight is 332 g/mol. The summed E-state index contributed by atoms with van der Waals surface area (Å²) in [5, 5.41) is 12.0. The molecule has 0 spiro atoms. The van der Waals surface area contributed by atoms with Gasteiger partial charge in [-0.3, -0.25) is 0 Å². The predicted molar refractivity (Wildman–Crippen MR) is 84.6 cm³/mol. The van der Waals surface area contributed by atoms with E-state index in [1.165, 1.54) is 30.3 Å². The lowest BCUT2D eigenvalue weighted by atomic mass is 10.1. The second kappa shape index (κ2) is 6.41. The highest BCUT2D eigenvalue weighted by atomic mass is 19.1. The highest BCUT2D eigenvalue weighted by Gasteiger charge is 2.16. The minimum absolute atomic E-state index is 0.00790. The molecule has 124 valence electrons. The summed E-state index contributed by atoms with van der Waals surface area (Å²) in [6.45, 7) is 2.21. The number of quaternary nitrogens is 1. The van der Waals surface area contributed by atoms with Crippen LogP contribution >= 0.6 is 0 Å². The van der Waals surface area contributed by atoms with Crippen molar-refractivity contribution in [1.29, 1.82) is 0 Å². The highest BCUT2D eigenvalue weighted by Crippen LogP contribution is 2.21. The molecule has 0 aliphatic rings. The van der Waals surface area contributed by atoms with E-state index in [0.717, 1.165) is 11.6 Å². The van der Waals surface area contributed by atoms with Crippen LogP contribution in [0.25, 0.3) is 11.0 Å². The Morgan fingerprint density at radius 2 is 1.96 bits per heavy atom. The summed E-state index contributed by atoms with van der Waals surface area (Å²) in [6.07, 6.45) is 0. The lowest BCUT2D eigenvalue weighted by Gasteiger charge is -2.13. The van der Waals surface area contributed by atoms with E-state index in [1.54, 1.807) is 13.0 Å². The molecule has 0 fully saturated rings. The van der Waals surface area contributed by atoms with Crippen LogP contribution in [0.2, 0.25) is 0 Å². The molecule has 24 heavy (non-hydrogen) atoms. The standard InChI is InChI=1S/C18H15F2NO3/c1-10(14-4-2-12(19)7-16(14)20)21-9-11-6-18(23)24-17-8-13(22)3-5-15(11)17/h2-8,10,21-22H,9H2,1H3/p+1/t10-/m0/s1. The maximum Gasteiger partial charge on any atom is 0.336 e. The molecule has 0 amide bonds. The van der Waals surface area contributed by atoms with Gasteiger partial charge in [0, 0.05) is 34.7 Å². The molecule has 0 aliphatic heterocycles. The van der Waals surface area contributed by atoms with Gasteiger partial charge in [0.25, 0.3) is 0 Å². The van der Waals surface area contributed by atoms with Crippen LogP contribution in [0.1, 0.15) is 24.1 Å². The smallest absolute Gasteiger partial charge is 0.336 e. The van der Waals surface area contributed by atoms with Crippen molar-refractivity contribution in [2.24, 2.45) is 0 Å². The molecule has 0 radical (unpaired) electrons. The predicted octanol–water partition coefficient (Wildman–Crippen LogP) is 2.60. The van der Waals surface area contributed by atoms with Gasteiger partial charge in [0.05, 0.1) is 0 Å². The molecule has 6 heteroatoms. The van der Waals surface area contributed by atoms with E-state index < -0.39 is 17.3 Å². The first-order chi connectivity index (χ1) is 11.4. The van der Waals surface area contributed by atoms with Gasteiger partial charge in [-0.05, 0) is 31.2 Å². The fourth-order valence-corrected chi connectivity index (χ4v) is 2.69. The van der Waals surface area contributed by atoms with E-state index in [9.17, 15) is 18.7 Å². The molecule has 0 aliphatic carbocycles. The van der Waals surface area contributed by atoms with Gasteiger partial charge in [-0.1, -0.05) is 0 Å². The number of hydrogen-bond donors (Lipinski definition) is 2. The Morgan fingerprint density at radius 1 is 1.17 bits per heavy atom. The zero-order valence-electron chi connectivity index (χ0n) is 12.9. The molecular formula is C18H16F2NO3+. The quantitative estimate of drug-likeness (QED) is 0.722. The summed E-state index contributed by atoms with van der Waals surface area (Å²) in [6, 6.07) is 9.17. The summed E-state index contributed by atoms with van der Waals surface area (Å²) in [7, 11) is 0. The van der Waals surface area contributed by atoms with Gasteiger partial charge < -0.3 is 14.8 Å². The third-order valence-electron chi connectivity index (χ3n) is 3.96. The topological polar surface area (TPSA) is 67.0 Å². The zero-order valence-corrected chi connectivity index (χ0v) is 12.9. The molecule has 3 rings (SSSR count). The Bertz CT molecular complexity index is 953. The molecule has 0 unspecified atom stereocenters. The van der Waals surface area contributed by atoms with Crippen molar-refractivity contribution in [2.75, 3.05) is 0 Å². The minimum atomic E-state index is -0.616.